The molecule has 0 saturated carbocycles. The van der Waals surface area contributed by atoms with Crippen LogP contribution in [0.2, 0.25) is 0 Å². The Bertz CT molecular complexity index is 684. The average molecular weight is 592 g/mol. The SMILES string of the molecule is CCCCCCCCCCCCCCCCCC(=O)NC(C(C)OCC)C(CC(=O)O)(C[N+](C)(C)C)O[P+](=O)[O-]. The molecule has 0 aliphatic heterocycles. The minimum Gasteiger partial charge on any atom is -0.566 e. The van der Waals surface area contributed by atoms with Crippen LogP contribution in [0.4, 0.5) is 0 Å². The first kappa shape index (κ1) is 38.9. The van der Waals surface area contributed by atoms with Crippen molar-refractivity contribution in [3.63, 3.8) is 0 Å². The van der Waals surface area contributed by atoms with Crippen LogP contribution in [0.1, 0.15) is 130 Å². The molecule has 1 amide bonds. The Morgan fingerprint density at radius 1 is 0.875 bits per heavy atom. The lowest BCUT2D eigenvalue weighted by atomic mass is 9.85. The molecule has 9 nitrogen and oxygen atoms in total. The van der Waals surface area contributed by atoms with Gasteiger partial charge in [-0.15, -0.1) is 4.52 Å². The number of carbonyl (C=O) groups excluding carboxylic acids is 1. The van der Waals surface area contributed by atoms with E-state index < -0.39 is 38.4 Å². The summed E-state index contributed by atoms with van der Waals surface area (Å²) >= 11 is 0. The van der Waals surface area contributed by atoms with Gasteiger partial charge < -0.3 is 24.5 Å². The van der Waals surface area contributed by atoms with E-state index >= 15 is 0 Å². The van der Waals surface area contributed by atoms with Gasteiger partial charge in [0.25, 0.3) is 0 Å². The van der Waals surface area contributed by atoms with Gasteiger partial charge in [-0.2, -0.15) is 0 Å². The molecular weight excluding hydrogens is 531 g/mol. The number of hydrogen-bond donors (Lipinski definition) is 2. The van der Waals surface area contributed by atoms with E-state index in [1.165, 1.54) is 70.6 Å². The van der Waals surface area contributed by atoms with Crippen LogP contribution in [0.3, 0.4) is 0 Å². The Hall–Kier alpha value is -1.12. The quantitative estimate of drug-likeness (QED) is 0.0671. The summed E-state index contributed by atoms with van der Waals surface area (Å²) in [7, 11) is 2.08. The van der Waals surface area contributed by atoms with Crippen molar-refractivity contribution in [2.24, 2.45) is 0 Å². The molecule has 0 aliphatic carbocycles. The lowest BCUT2D eigenvalue weighted by Gasteiger charge is -2.42. The Balaban J connectivity index is 4.71. The largest absolute Gasteiger partial charge is 0.566 e. The second-order valence-corrected chi connectivity index (χ2v) is 12.9. The van der Waals surface area contributed by atoms with Crippen molar-refractivity contribution < 1.29 is 37.9 Å². The lowest BCUT2D eigenvalue weighted by molar-refractivity contribution is -0.876. The third-order valence-electron chi connectivity index (χ3n) is 7.24. The third-order valence-corrected chi connectivity index (χ3v) is 7.75. The number of nitrogens with zero attached hydrogens (tertiary/aromatic N) is 1. The van der Waals surface area contributed by atoms with Gasteiger partial charge >= 0.3 is 14.2 Å². The number of unbranched alkanes of at least 4 members (excludes halogenated alkanes) is 14. The highest BCUT2D eigenvalue weighted by Gasteiger charge is 2.54. The van der Waals surface area contributed by atoms with Gasteiger partial charge in [0.15, 0.2) is 0 Å². The molecule has 10 heteroatoms. The van der Waals surface area contributed by atoms with Crippen molar-refractivity contribution >= 4 is 20.1 Å². The standard InChI is InChI=1S/C30H59N2O7P/c1-7-9-10-11-12-13-14-15-16-17-18-19-20-21-22-23-27(33)31-29(26(3)38-8-2)30(24-28(34)35,39-40(36)37)25-32(4,5)6/h26,29H,7-25H2,1-6H3,(H-,31,33,34,35)/p+1. The normalized spacial score (nSPS) is 15.3. The van der Waals surface area contributed by atoms with Crippen molar-refractivity contribution in [1.82, 2.24) is 5.32 Å². The summed E-state index contributed by atoms with van der Waals surface area (Å²) in [5, 5.41) is 12.6. The fraction of sp³-hybridized carbons (Fsp3) is 0.933. The minimum absolute atomic E-state index is 0.0456. The zero-order valence-electron chi connectivity index (χ0n) is 26.4. The first-order valence-electron chi connectivity index (χ1n) is 15.6. The maximum absolute atomic E-state index is 13.0. The molecule has 0 aliphatic rings. The molecule has 0 spiro atoms. The number of carboxylic acids is 1. The van der Waals surface area contributed by atoms with E-state index in [1.54, 1.807) is 13.8 Å². The van der Waals surface area contributed by atoms with E-state index in [1.807, 2.05) is 21.1 Å². The second-order valence-electron chi connectivity index (χ2n) is 12.3. The molecule has 0 rings (SSSR count). The van der Waals surface area contributed by atoms with Crippen LogP contribution in [-0.2, 0) is 23.4 Å². The van der Waals surface area contributed by atoms with Crippen LogP contribution < -0.4 is 10.2 Å². The predicted molar refractivity (Wildman–Crippen MR) is 159 cm³/mol. The smallest absolute Gasteiger partial charge is 0.489 e. The summed E-state index contributed by atoms with van der Waals surface area (Å²) in [6.45, 7) is 6.11. The summed E-state index contributed by atoms with van der Waals surface area (Å²) in [5.41, 5.74) is -1.70. The highest BCUT2D eigenvalue weighted by molar-refractivity contribution is 7.30. The highest BCUT2D eigenvalue weighted by Crippen LogP contribution is 2.34. The molecule has 236 valence electrons. The number of ether oxygens (including phenoxy) is 1. The molecule has 4 unspecified atom stereocenters. The van der Waals surface area contributed by atoms with E-state index in [0.29, 0.717) is 6.61 Å². The summed E-state index contributed by atoms with van der Waals surface area (Å²) < 4.78 is 23.1. The molecule has 0 heterocycles. The number of quaternary nitrogens is 1. The van der Waals surface area contributed by atoms with Crippen molar-refractivity contribution in [2.75, 3.05) is 34.3 Å². The molecule has 0 bridgehead atoms. The average Bonchev–Trinajstić information content (AvgIpc) is 2.83. The number of nitrogens with one attached hydrogen (secondary N) is 1. The van der Waals surface area contributed by atoms with Crippen LogP contribution >= 0.6 is 8.25 Å². The molecule has 0 aromatic rings. The van der Waals surface area contributed by atoms with Crippen molar-refractivity contribution in [3.8, 4) is 0 Å². The van der Waals surface area contributed by atoms with Gasteiger partial charge in [0.1, 0.15) is 6.54 Å². The Morgan fingerprint density at radius 2 is 1.32 bits per heavy atom. The molecule has 0 saturated heterocycles. The minimum atomic E-state index is -3.37. The summed E-state index contributed by atoms with van der Waals surface area (Å²) in [4.78, 5) is 36.5. The van der Waals surface area contributed by atoms with Crippen LogP contribution in [0.15, 0.2) is 0 Å². The molecule has 0 radical (unpaired) electrons. The van der Waals surface area contributed by atoms with Gasteiger partial charge in [0.05, 0.1) is 39.7 Å². The molecular formula is C30H60N2O7P+. The Morgan fingerprint density at radius 3 is 1.70 bits per heavy atom. The second kappa shape index (κ2) is 22.5. The first-order chi connectivity index (χ1) is 18.9. The summed E-state index contributed by atoms with van der Waals surface area (Å²) in [6.07, 6.45) is 17.6. The van der Waals surface area contributed by atoms with E-state index in [0.717, 1.165) is 25.7 Å². The Labute approximate surface area is 245 Å². The van der Waals surface area contributed by atoms with Gasteiger partial charge in [-0.25, -0.2) is 0 Å². The number of carboxylic acid groups (broad SMARTS) is 1. The number of rotatable bonds is 27. The maximum Gasteiger partial charge on any atom is 0.489 e. The first-order valence-corrected chi connectivity index (χ1v) is 16.7. The summed E-state index contributed by atoms with van der Waals surface area (Å²) in [5.74, 6) is -1.47. The van der Waals surface area contributed by atoms with Gasteiger partial charge in [0, 0.05) is 13.0 Å². The van der Waals surface area contributed by atoms with Crippen molar-refractivity contribution in [1.29, 1.82) is 0 Å². The predicted octanol–water partition coefficient (Wildman–Crippen LogP) is 6.11. The highest BCUT2D eigenvalue weighted by atomic mass is 31.1. The zero-order chi connectivity index (χ0) is 30.4. The van der Waals surface area contributed by atoms with E-state index in [-0.39, 0.29) is 23.4 Å². The monoisotopic (exact) mass is 591 g/mol. The van der Waals surface area contributed by atoms with Crippen LogP contribution in [0.5, 0.6) is 0 Å². The fourth-order valence-electron chi connectivity index (χ4n) is 5.53. The molecule has 4 atom stereocenters. The molecule has 40 heavy (non-hydrogen) atoms. The van der Waals surface area contributed by atoms with E-state index in [2.05, 4.69) is 12.2 Å². The van der Waals surface area contributed by atoms with Crippen LogP contribution in [0, 0.1) is 0 Å². The number of likely N-dealkylation sites (N-methyl/N-ethyl adjacent to an activating group) is 1. The van der Waals surface area contributed by atoms with E-state index in [4.69, 9.17) is 9.26 Å². The number of carbonyl (C=O) groups is 2. The van der Waals surface area contributed by atoms with Crippen molar-refractivity contribution in [2.45, 2.75) is 148 Å². The number of aliphatic carboxylic acids is 1. The van der Waals surface area contributed by atoms with Gasteiger partial charge in [-0.1, -0.05) is 96.8 Å². The van der Waals surface area contributed by atoms with Gasteiger partial charge in [-0.05, 0) is 24.8 Å². The molecule has 0 aromatic carbocycles. The Kier molecular flexibility index (Phi) is 21.8. The van der Waals surface area contributed by atoms with Crippen LogP contribution in [0.25, 0.3) is 0 Å². The topological polar surface area (TPSA) is 125 Å². The van der Waals surface area contributed by atoms with Gasteiger partial charge in [-0.3, -0.25) is 9.59 Å². The number of hydrogen-bond acceptors (Lipinski definition) is 6. The van der Waals surface area contributed by atoms with Crippen molar-refractivity contribution in [3.05, 3.63) is 0 Å². The van der Waals surface area contributed by atoms with Gasteiger partial charge in [0.2, 0.25) is 11.5 Å². The maximum atomic E-state index is 13.0. The molecule has 0 aromatic heterocycles. The lowest BCUT2D eigenvalue weighted by Crippen LogP contribution is -2.66. The molecule has 2 N–H and O–H groups in total. The summed E-state index contributed by atoms with van der Waals surface area (Å²) in [6, 6.07) is -0.961. The fourth-order valence-corrected chi connectivity index (χ4v) is 6.06. The number of amides is 1. The molecule has 0 fully saturated rings. The van der Waals surface area contributed by atoms with E-state index in [9.17, 15) is 24.2 Å². The van der Waals surface area contributed by atoms with Crippen LogP contribution in [-0.4, -0.2) is 73.5 Å². The zero-order valence-corrected chi connectivity index (χ0v) is 27.3. The third kappa shape index (κ3) is 19.9.